The first-order valence-corrected chi connectivity index (χ1v) is 6.85. The molecule has 1 unspecified atom stereocenters. The summed E-state index contributed by atoms with van der Waals surface area (Å²) in [7, 11) is 0. The van der Waals surface area contributed by atoms with Crippen LogP contribution in [0.3, 0.4) is 0 Å². The van der Waals surface area contributed by atoms with E-state index in [2.05, 4.69) is 39.9 Å². The molecule has 1 aromatic rings. The molecule has 0 aliphatic carbocycles. The van der Waals surface area contributed by atoms with Gasteiger partial charge < -0.3 is 15.4 Å². The molecule has 1 saturated heterocycles. The lowest BCUT2D eigenvalue weighted by atomic mass is 10.1. The van der Waals surface area contributed by atoms with Crippen molar-refractivity contribution in [2.45, 2.75) is 26.0 Å². The molecule has 94 valence electrons. The van der Waals surface area contributed by atoms with Crippen LogP contribution >= 0.6 is 15.9 Å². The fourth-order valence-electron chi connectivity index (χ4n) is 2.22. The van der Waals surface area contributed by atoms with Crippen molar-refractivity contribution in [3.05, 3.63) is 28.2 Å². The van der Waals surface area contributed by atoms with Crippen LogP contribution in [-0.4, -0.2) is 25.8 Å². The van der Waals surface area contributed by atoms with Crippen molar-refractivity contribution in [2.75, 3.05) is 24.6 Å². The van der Waals surface area contributed by atoms with Gasteiger partial charge in [-0.1, -0.05) is 22.0 Å². The third-order valence-electron chi connectivity index (χ3n) is 3.06. The molecule has 2 N–H and O–H groups in total. The molecule has 0 amide bonds. The minimum atomic E-state index is 0.280. The number of benzene rings is 1. The lowest BCUT2D eigenvalue weighted by molar-refractivity contribution is 0.0821. The Labute approximate surface area is 111 Å². The van der Waals surface area contributed by atoms with Crippen LogP contribution in [0.5, 0.6) is 0 Å². The van der Waals surface area contributed by atoms with Gasteiger partial charge in [0.2, 0.25) is 0 Å². The van der Waals surface area contributed by atoms with E-state index in [1.807, 2.05) is 6.07 Å². The maximum Gasteiger partial charge on any atom is 0.0721 e. The number of nitrogens with zero attached hydrogens (tertiary/aromatic N) is 1. The normalized spacial score (nSPS) is 21.4. The molecule has 1 fully saturated rings. The summed E-state index contributed by atoms with van der Waals surface area (Å²) in [6.07, 6.45) is 1.35. The Morgan fingerprint density at radius 3 is 3.12 bits per heavy atom. The van der Waals surface area contributed by atoms with Crippen molar-refractivity contribution in [1.82, 2.24) is 0 Å². The summed E-state index contributed by atoms with van der Waals surface area (Å²) in [5.74, 6) is 0. The second kappa shape index (κ2) is 5.85. The number of rotatable bonds is 2. The van der Waals surface area contributed by atoms with E-state index in [0.29, 0.717) is 6.54 Å². The van der Waals surface area contributed by atoms with E-state index in [1.165, 1.54) is 11.3 Å². The highest BCUT2D eigenvalue weighted by molar-refractivity contribution is 9.10. The maximum atomic E-state index is 5.81. The van der Waals surface area contributed by atoms with E-state index in [1.54, 1.807) is 0 Å². The lowest BCUT2D eigenvalue weighted by Gasteiger charge is -2.26. The number of nitrogens with two attached hydrogens (primary N) is 1. The minimum absolute atomic E-state index is 0.280. The van der Waals surface area contributed by atoms with Crippen molar-refractivity contribution in [2.24, 2.45) is 5.73 Å². The van der Waals surface area contributed by atoms with Crippen molar-refractivity contribution < 1.29 is 4.74 Å². The van der Waals surface area contributed by atoms with Crippen molar-refractivity contribution in [1.29, 1.82) is 0 Å². The van der Waals surface area contributed by atoms with Gasteiger partial charge in [-0.15, -0.1) is 0 Å². The number of hydrogen-bond acceptors (Lipinski definition) is 3. The van der Waals surface area contributed by atoms with Gasteiger partial charge in [0, 0.05) is 36.4 Å². The zero-order valence-electron chi connectivity index (χ0n) is 10.2. The number of halogens is 1. The standard InChI is InChI=1S/C13H19BrN2O/c1-10-9-16(5-2-6-17-10)13-7-12(14)4-3-11(13)8-15/h3-4,7,10H,2,5-6,8-9,15H2,1H3. The average Bonchev–Trinajstić information content (AvgIpc) is 2.54. The fourth-order valence-corrected chi connectivity index (χ4v) is 2.57. The van der Waals surface area contributed by atoms with E-state index in [9.17, 15) is 0 Å². The topological polar surface area (TPSA) is 38.5 Å². The zero-order chi connectivity index (χ0) is 12.3. The predicted molar refractivity (Wildman–Crippen MR) is 74.3 cm³/mol. The summed E-state index contributed by atoms with van der Waals surface area (Å²) in [4.78, 5) is 2.38. The molecule has 0 saturated carbocycles. The molecule has 1 aromatic carbocycles. The van der Waals surface area contributed by atoms with E-state index in [4.69, 9.17) is 10.5 Å². The van der Waals surface area contributed by atoms with Gasteiger partial charge in [0.25, 0.3) is 0 Å². The molecular weight excluding hydrogens is 280 g/mol. The zero-order valence-corrected chi connectivity index (χ0v) is 11.7. The van der Waals surface area contributed by atoms with E-state index < -0.39 is 0 Å². The molecule has 3 nitrogen and oxygen atoms in total. The van der Waals surface area contributed by atoms with Gasteiger partial charge in [-0.3, -0.25) is 0 Å². The van der Waals surface area contributed by atoms with Crippen molar-refractivity contribution in [3.8, 4) is 0 Å². The number of hydrogen-bond donors (Lipinski definition) is 1. The molecule has 0 bridgehead atoms. The first-order chi connectivity index (χ1) is 8.20. The summed E-state index contributed by atoms with van der Waals surface area (Å²) in [6.45, 7) is 5.52. The first-order valence-electron chi connectivity index (χ1n) is 6.05. The fraction of sp³-hybridized carbons (Fsp3) is 0.538. The van der Waals surface area contributed by atoms with E-state index >= 15 is 0 Å². The summed E-state index contributed by atoms with van der Waals surface area (Å²) >= 11 is 3.53. The van der Waals surface area contributed by atoms with E-state index in [-0.39, 0.29) is 6.10 Å². The van der Waals surface area contributed by atoms with Crippen LogP contribution in [0.1, 0.15) is 18.9 Å². The molecule has 0 spiro atoms. The van der Waals surface area contributed by atoms with Crippen LogP contribution in [0, 0.1) is 0 Å². The third kappa shape index (κ3) is 3.21. The molecule has 1 heterocycles. The van der Waals surface area contributed by atoms with Gasteiger partial charge >= 0.3 is 0 Å². The van der Waals surface area contributed by atoms with Crippen LogP contribution in [0.2, 0.25) is 0 Å². The number of ether oxygens (including phenoxy) is 1. The van der Waals surface area contributed by atoms with Gasteiger partial charge in [0.15, 0.2) is 0 Å². The van der Waals surface area contributed by atoms with Gasteiger partial charge in [-0.05, 0) is 31.0 Å². The van der Waals surface area contributed by atoms with Gasteiger partial charge in [-0.25, -0.2) is 0 Å². The summed E-state index contributed by atoms with van der Waals surface area (Å²) in [5.41, 5.74) is 8.24. The molecule has 1 aliphatic heterocycles. The second-order valence-electron chi connectivity index (χ2n) is 4.46. The van der Waals surface area contributed by atoms with Gasteiger partial charge in [0.1, 0.15) is 0 Å². The predicted octanol–water partition coefficient (Wildman–Crippen LogP) is 2.52. The first kappa shape index (κ1) is 12.9. The molecule has 17 heavy (non-hydrogen) atoms. The number of anilines is 1. The highest BCUT2D eigenvalue weighted by Gasteiger charge is 2.17. The second-order valence-corrected chi connectivity index (χ2v) is 5.37. The summed E-state index contributed by atoms with van der Waals surface area (Å²) < 4.78 is 6.77. The average molecular weight is 299 g/mol. The Bertz CT molecular complexity index is 384. The van der Waals surface area contributed by atoms with Crippen molar-refractivity contribution >= 4 is 21.6 Å². The van der Waals surface area contributed by atoms with Crippen molar-refractivity contribution in [3.63, 3.8) is 0 Å². The molecule has 1 atom stereocenters. The van der Waals surface area contributed by atoms with Crippen LogP contribution in [-0.2, 0) is 11.3 Å². The minimum Gasteiger partial charge on any atom is -0.377 e. The van der Waals surface area contributed by atoms with Crippen LogP contribution in [0.15, 0.2) is 22.7 Å². The Hall–Kier alpha value is -0.580. The van der Waals surface area contributed by atoms with Crippen LogP contribution in [0.4, 0.5) is 5.69 Å². The van der Waals surface area contributed by atoms with Crippen LogP contribution < -0.4 is 10.6 Å². The third-order valence-corrected chi connectivity index (χ3v) is 3.55. The Morgan fingerprint density at radius 1 is 1.53 bits per heavy atom. The van der Waals surface area contributed by atoms with Gasteiger partial charge in [0.05, 0.1) is 6.10 Å². The monoisotopic (exact) mass is 298 g/mol. The molecule has 0 aromatic heterocycles. The molecule has 0 radical (unpaired) electrons. The maximum absolute atomic E-state index is 5.81. The Kier molecular flexibility index (Phi) is 4.42. The quantitative estimate of drug-likeness (QED) is 0.912. The largest absolute Gasteiger partial charge is 0.377 e. The Morgan fingerprint density at radius 2 is 2.35 bits per heavy atom. The molecular formula is C13H19BrN2O. The Balaban J connectivity index is 2.27. The smallest absolute Gasteiger partial charge is 0.0721 e. The highest BCUT2D eigenvalue weighted by atomic mass is 79.9. The summed E-state index contributed by atoms with van der Waals surface area (Å²) in [6, 6.07) is 6.29. The summed E-state index contributed by atoms with van der Waals surface area (Å²) in [5, 5.41) is 0. The molecule has 2 rings (SSSR count). The molecule has 1 aliphatic rings. The lowest BCUT2D eigenvalue weighted by Crippen LogP contribution is -2.31. The SMILES string of the molecule is CC1CN(c2cc(Br)ccc2CN)CCCO1. The van der Waals surface area contributed by atoms with Crippen LogP contribution in [0.25, 0.3) is 0 Å². The molecule has 4 heteroatoms. The van der Waals surface area contributed by atoms with Gasteiger partial charge in [-0.2, -0.15) is 0 Å². The van der Waals surface area contributed by atoms with E-state index in [0.717, 1.165) is 30.6 Å². The highest BCUT2D eigenvalue weighted by Crippen LogP contribution is 2.26.